The molecule has 1 heterocycles. The van der Waals surface area contributed by atoms with Crippen LogP contribution in [0.15, 0.2) is 0 Å². The topological polar surface area (TPSA) is 88.6 Å². The molecule has 2 aliphatic rings. The number of hydrogen-bond acceptors (Lipinski definition) is 5. The number of hydrogen-bond donors (Lipinski definition) is 0. The Morgan fingerprint density at radius 2 is 1.94 bits per heavy atom. The Morgan fingerprint density at radius 3 is 2.35 bits per heavy atom. The third-order valence-corrected chi connectivity index (χ3v) is 6.62. The molecule has 1 aliphatic heterocycles. The minimum absolute atomic E-state index is 0.0588. The quantitative estimate of drug-likeness (QED) is 0.531. The SMILES string of the molecule is CS(=O)(=O)C1CCCC12CC(=O)N2S(=O)(=O)Cl. The Morgan fingerprint density at radius 1 is 1.35 bits per heavy atom. The minimum atomic E-state index is -4.21. The molecule has 1 amide bonds. The summed E-state index contributed by atoms with van der Waals surface area (Å²) in [4.78, 5) is 11.4. The van der Waals surface area contributed by atoms with Gasteiger partial charge in [-0.3, -0.25) is 4.79 Å². The Hall–Kier alpha value is -0.340. The summed E-state index contributed by atoms with van der Waals surface area (Å²) >= 11 is 0. The van der Waals surface area contributed by atoms with Crippen molar-refractivity contribution in [3.63, 3.8) is 0 Å². The van der Waals surface area contributed by atoms with Gasteiger partial charge >= 0.3 is 9.24 Å². The highest BCUT2D eigenvalue weighted by Gasteiger charge is 2.64. The zero-order chi connectivity index (χ0) is 13.1. The summed E-state index contributed by atoms with van der Waals surface area (Å²) in [6, 6.07) is 0. The van der Waals surface area contributed by atoms with Gasteiger partial charge in [-0.05, 0) is 19.3 Å². The second-order valence-electron chi connectivity index (χ2n) is 4.59. The molecule has 2 rings (SSSR count). The lowest BCUT2D eigenvalue weighted by molar-refractivity contribution is -0.144. The number of carbonyl (C=O) groups is 1. The van der Waals surface area contributed by atoms with Crippen LogP contribution < -0.4 is 0 Å². The van der Waals surface area contributed by atoms with Crippen molar-refractivity contribution in [2.45, 2.75) is 36.5 Å². The fourth-order valence-electron chi connectivity index (χ4n) is 2.97. The van der Waals surface area contributed by atoms with Crippen LogP contribution in [0.1, 0.15) is 25.7 Å². The van der Waals surface area contributed by atoms with Crippen molar-refractivity contribution in [2.24, 2.45) is 0 Å². The Bertz CT molecular complexity index is 569. The van der Waals surface area contributed by atoms with E-state index in [-0.39, 0.29) is 6.42 Å². The molecule has 0 radical (unpaired) electrons. The Kier molecular flexibility index (Phi) is 2.76. The predicted octanol–water partition coefficient (Wildman–Crippen LogP) is 0.0382. The molecule has 1 spiro atoms. The van der Waals surface area contributed by atoms with E-state index in [9.17, 15) is 21.6 Å². The monoisotopic (exact) mass is 301 g/mol. The number of β-lactam (4-membered cyclic amide) rings is 1. The number of carbonyl (C=O) groups excluding carboxylic acids is 1. The molecule has 0 aromatic rings. The average molecular weight is 302 g/mol. The smallest absolute Gasteiger partial charge is 0.274 e. The first-order valence-electron chi connectivity index (χ1n) is 5.06. The molecule has 0 N–H and O–H groups in total. The van der Waals surface area contributed by atoms with Gasteiger partial charge < -0.3 is 0 Å². The van der Waals surface area contributed by atoms with Gasteiger partial charge in [0.25, 0.3) is 0 Å². The van der Waals surface area contributed by atoms with Crippen LogP contribution in [0.2, 0.25) is 0 Å². The maximum Gasteiger partial charge on any atom is 0.324 e. The Balaban J connectivity index is 2.48. The summed E-state index contributed by atoms with van der Waals surface area (Å²) in [5, 5.41) is -0.832. The van der Waals surface area contributed by atoms with E-state index in [1.807, 2.05) is 0 Å². The third kappa shape index (κ3) is 1.86. The highest BCUT2D eigenvalue weighted by Crippen LogP contribution is 2.50. The second kappa shape index (κ2) is 3.58. The lowest BCUT2D eigenvalue weighted by Gasteiger charge is -2.49. The van der Waals surface area contributed by atoms with Gasteiger partial charge in [-0.2, -0.15) is 8.42 Å². The molecule has 0 aromatic carbocycles. The van der Waals surface area contributed by atoms with Gasteiger partial charge in [0, 0.05) is 16.9 Å². The predicted molar refractivity (Wildman–Crippen MR) is 61.4 cm³/mol. The highest BCUT2D eigenvalue weighted by molar-refractivity contribution is 8.12. The molecule has 2 atom stereocenters. The summed E-state index contributed by atoms with van der Waals surface area (Å²) in [5.74, 6) is -0.629. The van der Waals surface area contributed by atoms with E-state index in [2.05, 4.69) is 0 Å². The standard InChI is InChI=1S/C8H12ClNO5S2/c1-16(12,13)6-3-2-4-8(6)5-7(11)10(8)17(9,14)15/h6H,2-5H2,1H3. The van der Waals surface area contributed by atoms with Crippen molar-refractivity contribution in [2.75, 3.05) is 6.26 Å². The van der Waals surface area contributed by atoms with Crippen LogP contribution in [-0.4, -0.2) is 44.1 Å². The van der Waals surface area contributed by atoms with Crippen molar-refractivity contribution in [3.05, 3.63) is 0 Å². The van der Waals surface area contributed by atoms with E-state index >= 15 is 0 Å². The van der Waals surface area contributed by atoms with Crippen molar-refractivity contribution < 1.29 is 21.6 Å². The molecule has 2 unspecified atom stereocenters. The van der Waals surface area contributed by atoms with Gasteiger partial charge in [-0.25, -0.2) is 12.7 Å². The van der Waals surface area contributed by atoms with Crippen LogP contribution in [-0.2, 0) is 23.9 Å². The summed E-state index contributed by atoms with van der Waals surface area (Å²) in [7, 11) is -2.42. The second-order valence-corrected chi connectivity index (χ2v) is 9.18. The van der Waals surface area contributed by atoms with Crippen molar-refractivity contribution in [1.29, 1.82) is 0 Å². The van der Waals surface area contributed by atoms with Crippen LogP contribution >= 0.6 is 10.7 Å². The van der Waals surface area contributed by atoms with E-state index in [4.69, 9.17) is 10.7 Å². The number of rotatable bonds is 2. The molecule has 1 saturated heterocycles. The maximum atomic E-state index is 11.6. The number of nitrogens with zero attached hydrogens (tertiary/aromatic N) is 1. The van der Waals surface area contributed by atoms with Gasteiger partial charge in [0.1, 0.15) is 0 Å². The molecule has 0 aromatic heterocycles. The van der Waals surface area contributed by atoms with Gasteiger partial charge in [-0.15, -0.1) is 0 Å². The highest BCUT2D eigenvalue weighted by atomic mass is 35.7. The lowest BCUT2D eigenvalue weighted by Crippen LogP contribution is -2.69. The minimum Gasteiger partial charge on any atom is -0.274 e. The largest absolute Gasteiger partial charge is 0.324 e. The molecule has 1 saturated carbocycles. The normalized spacial score (nSPS) is 34.1. The Labute approximate surface area is 104 Å². The van der Waals surface area contributed by atoms with Gasteiger partial charge in [0.15, 0.2) is 9.84 Å². The molecular weight excluding hydrogens is 290 g/mol. The van der Waals surface area contributed by atoms with Crippen LogP contribution in [0, 0.1) is 0 Å². The summed E-state index contributed by atoms with van der Waals surface area (Å²) in [6.07, 6.45) is 2.31. The van der Waals surface area contributed by atoms with E-state index in [0.717, 1.165) is 6.26 Å². The van der Waals surface area contributed by atoms with E-state index in [0.29, 0.717) is 23.6 Å². The molecule has 2 fully saturated rings. The molecule has 17 heavy (non-hydrogen) atoms. The van der Waals surface area contributed by atoms with Crippen LogP contribution in [0.25, 0.3) is 0 Å². The zero-order valence-corrected chi connectivity index (χ0v) is 11.5. The van der Waals surface area contributed by atoms with Crippen LogP contribution in [0.4, 0.5) is 0 Å². The van der Waals surface area contributed by atoms with Crippen molar-refractivity contribution in [1.82, 2.24) is 4.31 Å². The van der Waals surface area contributed by atoms with Gasteiger partial charge in [0.05, 0.1) is 17.2 Å². The summed E-state index contributed by atoms with van der Waals surface area (Å²) in [6.45, 7) is 0. The molecule has 98 valence electrons. The van der Waals surface area contributed by atoms with Gasteiger partial charge in [0.2, 0.25) is 5.91 Å². The number of sulfone groups is 1. The first kappa shape index (κ1) is 13.1. The van der Waals surface area contributed by atoms with Crippen molar-refractivity contribution >= 4 is 35.7 Å². The third-order valence-electron chi connectivity index (χ3n) is 3.50. The maximum absolute atomic E-state index is 11.6. The lowest BCUT2D eigenvalue weighted by atomic mass is 9.85. The zero-order valence-electron chi connectivity index (χ0n) is 9.09. The molecule has 0 bridgehead atoms. The van der Waals surface area contributed by atoms with E-state index < -0.39 is 35.8 Å². The van der Waals surface area contributed by atoms with E-state index in [1.165, 1.54) is 0 Å². The first-order chi connectivity index (χ1) is 7.59. The van der Waals surface area contributed by atoms with Crippen LogP contribution in [0.3, 0.4) is 0 Å². The van der Waals surface area contributed by atoms with E-state index in [1.54, 1.807) is 0 Å². The average Bonchev–Trinajstić information content (AvgIpc) is 2.44. The van der Waals surface area contributed by atoms with Crippen LogP contribution in [0.5, 0.6) is 0 Å². The number of amides is 1. The molecule has 1 aliphatic carbocycles. The first-order valence-corrected chi connectivity index (χ1v) is 9.28. The molecular formula is C8H12ClNO5S2. The molecule has 9 heteroatoms. The summed E-state index contributed by atoms with van der Waals surface area (Å²) < 4.78 is 46.5. The summed E-state index contributed by atoms with van der Waals surface area (Å²) in [5.41, 5.74) is -1.13. The number of halogens is 1. The van der Waals surface area contributed by atoms with Crippen molar-refractivity contribution in [3.8, 4) is 0 Å². The van der Waals surface area contributed by atoms with Gasteiger partial charge in [-0.1, -0.05) is 0 Å². The molecule has 6 nitrogen and oxygen atoms in total. The fraction of sp³-hybridized carbons (Fsp3) is 0.875. The fourth-order valence-corrected chi connectivity index (χ4v) is 6.41.